The predicted molar refractivity (Wildman–Crippen MR) is 84.5 cm³/mol. The number of rotatable bonds is 4. The molecular formula is C16H20N2O2S. The van der Waals surface area contributed by atoms with Crippen LogP contribution in [0.3, 0.4) is 0 Å². The summed E-state index contributed by atoms with van der Waals surface area (Å²) < 4.78 is 4.86. The molecular weight excluding hydrogens is 284 g/mol. The van der Waals surface area contributed by atoms with Gasteiger partial charge in [-0.2, -0.15) is 5.26 Å². The van der Waals surface area contributed by atoms with E-state index in [0.717, 1.165) is 41.3 Å². The summed E-state index contributed by atoms with van der Waals surface area (Å²) in [6.45, 7) is 3.58. The molecule has 1 saturated heterocycles. The van der Waals surface area contributed by atoms with Crippen LogP contribution in [0.1, 0.15) is 25.3 Å². The Balaban J connectivity index is 2.27. The van der Waals surface area contributed by atoms with Crippen molar-refractivity contribution >= 4 is 23.4 Å². The molecule has 0 spiro atoms. The topological polar surface area (TPSA) is 53.3 Å². The van der Waals surface area contributed by atoms with Gasteiger partial charge in [0.05, 0.1) is 24.3 Å². The number of hydrogen-bond donors (Lipinski definition) is 0. The summed E-state index contributed by atoms with van der Waals surface area (Å²) in [6.07, 6.45) is 1.80. The Labute approximate surface area is 130 Å². The Hall–Kier alpha value is -1.67. The van der Waals surface area contributed by atoms with Gasteiger partial charge < -0.3 is 9.64 Å². The number of hydrogen-bond acceptors (Lipinski definition) is 5. The number of ether oxygens (including phenoxy) is 1. The molecule has 0 aliphatic carbocycles. The van der Waals surface area contributed by atoms with Gasteiger partial charge in [-0.15, -0.1) is 11.8 Å². The number of nitrogens with zero attached hydrogens (tertiary/aromatic N) is 2. The number of piperidine rings is 1. The van der Waals surface area contributed by atoms with Gasteiger partial charge >= 0.3 is 5.97 Å². The minimum absolute atomic E-state index is 0.0993. The van der Waals surface area contributed by atoms with Crippen LogP contribution in [-0.2, 0) is 9.53 Å². The number of benzene rings is 1. The molecule has 1 aromatic rings. The number of thioether (sulfide) groups is 1. The highest BCUT2D eigenvalue weighted by atomic mass is 32.2. The first-order valence-electron chi connectivity index (χ1n) is 7.20. The van der Waals surface area contributed by atoms with Gasteiger partial charge in [0.15, 0.2) is 0 Å². The summed E-state index contributed by atoms with van der Waals surface area (Å²) in [7, 11) is 1.43. The molecule has 112 valence electrons. The lowest BCUT2D eigenvalue weighted by molar-refractivity contribution is -0.145. The van der Waals surface area contributed by atoms with E-state index in [1.807, 2.05) is 18.2 Å². The van der Waals surface area contributed by atoms with Crippen LogP contribution in [0, 0.1) is 17.2 Å². The number of nitriles is 1. The Morgan fingerprint density at radius 2 is 2.38 bits per heavy atom. The summed E-state index contributed by atoms with van der Waals surface area (Å²) in [6, 6.07) is 8.26. The van der Waals surface area contributed by atoms with E-state index in [4.69, 9.17) is 4.74 Å². The second-order valence-corrected chi connectivity index (χ2v) is 6.31. The average Bonchev–Trinajstić information content (AvgIpc) is 2.54. The van der Waals surface area contributed by atoms with Crippen molar-refractivity contribution in [3.05, 3.63) is 23.8 Å². The van der Waals surface area contributed by atoms with Crippen LogP contribution in [-0.4, -0.2) is 31.9 Å². The minimum Gasteiger partial charge on any atom is -0.469 e. The maximum atomic E-state index is 11.7. The van der Waals surface area contributed by atoms with Crippen LogP contribution in [0.2, 0.25) is 0 Å². The lowest BCUT2D eigenvalue weighted by Crippen LogP contribution is -2.39. The molecule has 21 heavy (non-hydrogen) atoms. The fourth-order valence-corrected chi connectivity index (χ4v) is 3.51. The van der Waals surface area contributed by atoms with Gasteiger partial charge in [0.25, 0.3) is 0 Å². The van der Waals surface area contributed by atoms with E-state index in [-0.39, 0.29) is 11.9 Å². The van der Waals surface area contributed by atoms with Gasteiger partial charge in [-0.05, 0) is 30.7 Å². The molecule has 1 aliphatic rings. The zero-order chi connectivity index (χ0) is 15.2. The van der Waals surface area contributed by atoms with Crippen molar-refractivity contribution in [3.8, 4) is 6.07 Å². The second-order valence-electron chi connectivity index (χ2n) is 5.00. The van der Waals surface area contributed by atoms with Crippen molar-refractivity contribution in [1.82, 2.24) is 0 Å². The van der Waals surface area contributed by atoms with E-state index in [9.17, 15) is 10.1 Å². The molecule has 1 fully saturated rings. The van der Waals surface area contributed by atoms with Crippen molar-refractivity contribution in [2.75, 3.05) is 30.9 Å². The Morgan fingerprint density at radius 1 is 1.57 bits per heavy atom. The normalized spacial score (nSPS) is 18.1. The van der Waals surface area contributed by atoms with E-state index in [2.05, 4.69) is 17.9 Å². The lowest BCUT2D eigenvalue weighted by Gasteiger charge is -2.33. The molecule has 1 aromatic carbocycles. The van der Waals surface area contributed by atoms with Crippen LogP contribution in [0.5, 0.6) is 0 Å². The van der Waals surface area contributed by atoms with Crippen LogP contribution in [0.4, 0.5) is 5.69 Å². The van der Waals surface area contributed by atoms with Crippen molar-refractivity contribution in [2.24, 2.45) is 5.92 Å². The van der Waals surface area contributed by atoms with Crippen LogP contribution >= 0.6 is 11.8 Å². The highest BCUT2D eigenvalue weighted by Crippen LogP contribution is 2.32. The monoisotopic (exact) mass is 304 g/mol. The van der Waals surface area contributed by atoms with E-state index >= 15 is 0 Å². The first-order valence-corrected chi connectivity index (χ1v) is 8.18. The third kappa shape index (κ3) is 3.51. The zero-order valence-electron chi connectivity index (χ0n) is 12.5. The van der Waals surface area contributed by atoms with Crippen LogP contribution in [0.15, 0.2) is 23.1 Å². The first kappa shape index (κ1) is 15.7. The number of carbonyl (C=O) groups excluding carboxylic acids is 1. The SMILES string of the molecule is CCSc1cccc(N2CCCC(C(=O)OC)C2)c1C#N. The van der Waals surface area contributed by atoms with Crippen LogP contribution in [0.25, 0.3) is 0 Å². The first-order chi connectivity index (χ1) is 10.2. The Bertz CT molecular complexity index is 554. The van der Waals surface area contributed by atoms with Gasteiger partial charge in [0.1, 0.15) is 6.07 Å². The van der Waals surface area contributed by atoms with E-state index in [1.54, 1.807) is 11.8 Å². The third-order valence-corrected chi connectivity index (χ3v) is 4.65. The highest BCUT2D eigenvalue weighted by molar-refractivity contribution is 7.99. The molecule has 0 amide bonds. The summed E-state index contributed by atoms with van der Waals surface area (Å²) in [4.78, 5) is 14.9. The van der Waals surface area contributed by atoms with Gasteiger partial charge in [-0.25, -0.2) is 0 Å². The molecule has 1 unspecified atom stereocenters. The molecule has 0 bridgehead atoms. The summed E-state index contributed by atoms with van der Waals surface area (Å²) >= 11 is 1.68. The number of esters is 1. The minimum atomic E-state index is -0.155. The lowest BCUT2D eigenvalue weighted by atomic mass is 9.97. The smallest absolute Gasteiger partial charge is 0.310 e. The molecule has 1 heterocycles. The van der Waals surface area contributed by atoms with E-state index < -0.39 is 0 Å². The summed E-state index contributed by atoms with van der Waals surface area (Å²) in [5.41, 5.74) is 1.65. The average molecular weight is 304 g/mol. The number of anilines is 1. The van der Waals surface area contributed by atoms with E-state index in [1.165, 1.54) is 7.11 Å². The summed E-state index contributed by atoms with van der Waals surface area (Å²) in [5, 5.41) is 9.50. The number of carbonyl (C=O) groups is 1. The van der Waals surface area contributed by atoms with Crippen molar-refractivity contribution in [3.63, 3.8) is 0 Å². The predicted octanol–water partition coefficient (Wildman–Crippen LogP) is 3.06. The van der Waals surface area contributed by atoms with E-state index in [0.29, 0.717) is 6.54 Å². The highest BCUT2D eigenvalue weighted by Gasteiger charge is 2.28. The molecule has 0 N–H and O–H groups in total. The van der Waals surface area contributed by atoms with Gasteiger partial charge in [-0.3, -0.25) is 4.79 Å². The van der Waals surface area contributed by atoms with Gasteiger partial charge in [-0.1, -0.05) is 13.0 Å². The molecule has 0 aromatic heterocycles. The molecule has 1 aliphatic heterocycles. The molecule has 1 atom stereocenters. The fraction of sp³-hybridized carbons (Fsp3) is 0.500. The van der Waals surface area contributed by atoms with Crippen molar-refractivity contribution in [1.29, 1.82) is 5.26 Å². The van der Waals surface area contributed by atoms with Gasteiger partial charge in [0.2, 0.25) is 0 Å². The maximum Gasteiger partial charge on any atom is 0.310 e. The van der Waals surface area contributed by atoms with Gasteiger partial charge in [0, 0.05) is 18.0 Å². The molecule has 5 heteroatoms. The second kappa shape index (κ2) is 7.37. The molecule has 4 nitrogen and oxygen atoms in total. The van der Waals surface area contributed by atoms with Crippen LogP contribution < -0.4 is 4.90 Å². The Morgan fingerprint density at radius 3 is 3.05 bits per heavy atom. The fourth-order valence-electron chi connectivity index (χ4n) is 2.73. The molecule has 0 saturated carbocycles. The molecule has 0 radical (unpaired) electrons. The third-order valence-electron chi connectivity index (χ3n) is 3.71. The largest absolute Gasteiger partial charge is 0.469 e. The van der Waals surface area contributed by atoms with Crippen molar-refractivity contribution in [2.45, 2.75) is 24.7 Å². The summed E-state index contributed by atoms with van der Waals surface area (Å²) in [5.74, 6) is 0.679. The Kier molecular flexibility index (Phi) is 5.51. The van der Waals surface area contributed by atoms with Crippen molar-refractivity contribution < 1.29 is 9.53 Å². The standard InChI is InChI=1S/C16H20N2O2S/c1-3-21-15-8-4-7-14(13(15)10-17)18-9-5-6-12(11-18)16(19)20-2/h4,7-8,12H,3,5-6,9,11H2,1-2H3. The number of methoxy groups -OCH3 is 1. The zero-order valence-corrected chi connectivity index (χ0v) is 13.3. The molecule has 2 rings (SSSR count). The quantitative estimate of drug-likeness (QED) is 0.632. The maximum absolute atomic E-state index is 11.7.